The maximum Gasteiger partial charge on any atom is 0.391 e. The molecule has 1 aromatic rings. The molecule has 144 valence electrons. The lowest BCUT2D eigenvalue weighted by atomic mass is 9.80. The fraction of sp³-hybridized carbons (Fsp3) is 0.556. The van der Waals surface area contributed by atoms with Crippen LogP contribution in [0.4, 0.5) is 13.2 Å². The number of carboxylic acids is 1. The molecule has 3 atom stereocenters. The summed E-state index contributed by atoms with van der Waals surface area (Å²) in [6.45, 7) is 1.29. The van der Waals surface area contributed by atoms with E-state index in [0.29, 0.717) is 18.6 Å². The summed E-state index contributed by atoms with van der Waals surface area (Å²) in [5.74, 6) is -3.10. The highest BCUT2D eigenvalue weighted by molar-refractivity contribution is 5.79. The number of benzene rings is 1. The van der Waals surface area contributed by atoms with E-state index < -0.39 is 30.6 Å². The summed E-state index contributed by atoms with van der Waals surface area (Å²) in [7, 11) is 0. The van der Waals surface area contributed by atoms with Gasteiger partial charge >= 0.3 is 12.1 Å². The average molecular weight is 373 g/mol. The number of carbonyl (C=O) groups excluding carboxylic acids is 1. The molecule has 3 unspecified atom stereocenters. The van der Waals surface area contributed by atoms with Crippen LogP contribution in [0.25, 0.3) is 0 Å². The largest absolute Gasteiger partial charge is 0.482 e. The van der Waals surface area contributed by atoms with Crippen LogP contribution in [0.3, 0.4) is 0 Å². The summed E-state index contributed by atoms with van der Waals surface area (Å²) in [6, 6.07) is 6.16. The number of hydrogen-bond donors (Lipinski definition) is 2. The molecule has 0 heterocycles. The van der Waals surface area contributed by atoms with Gasteiger partial charge in [0, 0.05) is 5.92 Å². The van der Waals surface area contributed by atoms with Gasteiger partial charge in [-0.3, -0.25) is 4.79 Å². The molecule has 2 rings (SSSR count). The fourth-order valence-electron chi connectivity index (χ4n) is 3.14. The van der Waals surface area contributed by atoms with E-state index in [0.717, 1.165) is 5.56 Å². The average Bonchev–Trinajstić information content (AvgIpc) is 2.59. The Balaban J connectivity index is 1.91. The van der Waals surface area contributed by atoms with Crippen LogP contribution in [-0.4, -0.2) is 29.8 Å². The van der Waals surface area contributed by atoms with Gasteiger partial charge in [-0.2, -0.15) is 13.2 Å². The second-order valence-corrected chi connectivity index (χ2v) is 6.58. The van der Waals surface area contributed by atoms with Crippen LogP contribution >= 0.6 is 0 Å². The summed E-state index contributed by atoms with van der Waals surface area (Å²) >= 11 is 0. The molecule has 0 bridgehead atoms. The minimum Gasteiger partial charge on any atom is -0.482 e. The fourth-order valence-corrected chi connectivity index (χ4v) is 3.14. The Morgan fingerprint density at radius 2 is 1.92 bits per heavy atom. The number of alkyl halides is 3. The van der Waals surface area contributed by atoms with Gasteiger partial charge in [0.25, 0.3) is 0 Å². The molecule has 2 N–H and O–H groups in total. The van der Waals surface area contributed by atoms with Crippen molar-refractivity contribution >= 4 is 11.9 Å². The normalized spacial score (nSPS) is 21.7. The Morgan fingerprint density at radius 1 is 1.27 bits per heavy atom. The van der Waals surface area contributed by atoms with Crippen LogP contribution in [-0.2, 0) is 9.59 Å². The number of rotatable bonds is 6. The predicted molar refractivity (Wildman–Crippen MR) is 87.6 cm³/mol. The van der Waals surface area contributed by atoms with Crippen LogP contribution < -0.4 is 10.1 Å². The molecule has 26 heavy (non-hydrogen) atoms. The van der Waals surface area contributed by atoms with E-state index in [1.54, 1.807) is 31.2 Å². The number of aliphatic carboxylic acids is 1. The van der Waals surface area contributed by atoms with Crippen molar-refractivity contribution in [1.29, 1.82) is 0 Å². The van der Waals surface area contributed by atoms with Gasteiger partial charge in [0.05, 0.1) is 12.0 Å². The van der Waals surface area contributed by atoms with Crippen molar-refractivity contribution in [2.75, 3.05) is 6.61 Å². The Labute approximate surface area is 149 Å². The Hall–Kier alpha value is -2.25. The van der Waals surface area contributed by atoms with Crippen LogP contribution in [0.2, 0.25) is 0 Å². The van der Waals surface area contributed by atoms with Gasteiger partial charge in [0.2, 0.25) is 5.91 Å². The number of carbonyl (C=O) groups is 2. The molecule has 0 radical (unpaired) electrons. The van der Waals surface area contributed by atoms with Crippen LogP contribution in [0.1, 0.15) is 44.2 Å². The molecule has 0 aromatic heterocycles. The smallest absolute Gasteiger partial charge is 0.391 e. The van der Waals surface area contributed by atoms with E-state index in [9.17, 15) is 22.8 Å². The number of ether oxygens (including phenoxy) is 1. The number of amides is 1. The van der Waals surface area contributed by atoms with E-state index in [1.807, 2.05) is 0 Å². The van der Waals surface area contributed by atoms with Gasteiger partial charge in [-0.05, 0) is 43.9 Å². The summed E-state index contributed by atoms with van der Waals surface area (Å²) in [4.78, 5) is 22.8. The lowest BCUT2D eigenvalue weighted by Gasteiger charge is -2.30. The highest BCUT2D eigenvalue weighted by atomic mass is 19.4. The summed E-state index contributed by atoms with van der Waals surface area (Å²) in [5, 5.41) is 11.3. The summed E-state index contributed by atoms with van der Waals surface area (Å²) in [5.41, 5.74) is 0.754. The van der Waals surface area contributed by atoms with Crippen molar-refractivity contribution in [3.05, 3.63) is 29.8 Å². The Kier molecular flexibility index (Phi) is 6.50. The number of carboxylic acid groups (broad SMARTS) is 1. The number of nitrogens with one attached hydrogen (secondary N) is 1. The van der Waals surface area contributed by atoms with Crippen molar-refractivity contribution in [2.45, 2.75) is 44.8 Å². The molecule has 1 aliphatic carbocycles. The molecule has 5 nitrogen and oxygen atoms in total. The van der Waals surface area contributed by atoms with Crippen molar-refractivity contribution in [2.24, 2.45) is 11.8 Å². The van der Waals surface area contributed by atoms with Gasteiger partial charge < -0.3 is 15.2 Å². The molecular formula is C18H22F3NO4. The molecule has 1 aromatic carbocycles. The second-order valence-electron chi connectivity index (χ2n) is 6.58. The lowest BCUT2D eigenvalue weighted by molar-refractivity contribution is -0.186. The minimum absolute atomic E-state index is 0.0840. The minimum atomic E-state index is -4.25. The topological polar surface area (TPSA) is 75.6 Å². The highest BCUT2D eigenvalue weighted by Gasteiger charge is 2.43. The standard InChI is InChI=1S/C18H22F3NO4/c1-11(12-5-7-15(8-6-12)26-10-16(23)24)22-17(25)13-3-2-4-14(9-13)18(19,20)21/h5-8,11,13-14H,2-4,9-10H2,1H3,(H,22,25)(H,23,24). The maximum absolute atomic E-state index is 12.9. The molecule has 0 aliphatic heterocycles. The van der Waals surface area contributed by atoms with Crippen molar-refractivity contribution in [1.82, 2.24) is 5.32 Å². The van der Waals surface area contributed by atoms with E-state index in [1.165, 1.54) is 0 Å². The molecular weight excluding hydrogens is 351 g/mol. The first-order valence-corrected chi connectivity index (χ1v) is 8.48. The number of halogens is 3. The van der Waals surface area contributed by atoms with Crippen molar-refractivity contribution in [3.8, 4) is 5.75 Å². The Morgan fingerprint density at radius 3 is 2.50 bits per heavy atom. The molecule has 1 aliphatic rings. The molecule has 1 fully saturated rings. The predicted octanol–water partition coefficient (Wildman–Crippen LogP) is 3.70. The van der Waals surface area contributed by atoms with E-state index >= 15 is 0 Å². The third-order valence-electron chi connectivity index (χ3n) is 4.61. The van der Waals surface area contributed by atoms with Crippen molar-refractivity contribution in [3.63, 3.8) is 0 Å². The number of hydrogen-bond acceptors (Lipinski definition) is 3. The van der Waals surface area contributed by atoms with Crippen LogP contribution in [0, 0.1) is 11.8 Å². The first-order chi connectivity index (χ1) is 12.2. The molecule has 1 amide bonds. The van der Waals surface area contributed by atoms with Crippen LogP contribution in [0.15, 0.2) is 24.3 Å². The van der Waals surface area contributed by atoms with Crippen LogP contribution in [0.5, 0.6) is 5.75 Å². The SMILES string of the molecule is CC(NC(=O)C1CCCC(C(F)(F)F)C1)c1ccc(OCC(=O)O)cc1. The third kappa shape index (κ3) is 5.64. The summed E-state index contributed by atoms with van der Waals surface area (Å²) in [6.07, 6.45) is -3.47. The zero-order valence-corrected chi connectivity index (χ0v) is 14.4. The van der Waals surface area contributed by atoms with E-state index in [2.05, 4.69) is 5.32 Å². The molecule has 1 saturated carbocycles. The maximum atomic E-state index is 12.9. The van der Waals surface area contributed by atoms with Gasteiger partial charge in [0.1, 0.15) is 5.75 Å². The lowest BCUT2D eigenvalue weighted by Crippen LogP contribution is -2.38. The van der Waals surface area contributed by atoms with Crippen molar-refractivity contribution < 1.29 is 32.6 Å². The zero-order chi connectivity index (χ0) is 19.3. The Bertz CT molecular complexity index is 630. The van der Waals surface area contributed by atoms with E-state index in [4.69, 9.17) is 9.84 Å². The first-order valence-electron chi connectivity index (χ1n) is 8.48. The third-order valence-corrected chi connectivity index (χ3v) is 4.61. The van der Waals surface area contributed by atoms with Gasteiger partial charge in [-0.25, -0.2) is 4.79 Å². The van der Waals surface area contributed by atoms with Gasteiger partial charge in [-0.1, -0.05) is 18.6 Å². The van der Waals surface area contributed by atoms with E-state index in [-0.39, 0.29) is 24.8 Å². The molecule has 0 saturated heterocycles. The first kappa shape index (κ1) is 20.1. The molecule has 0 spiro atoms. The quantitative estimate of drug-likeness (QED) is 0.797. The van der Waals surface area contributed by atoms with Gasteiger partial charge in [0.15, 0.2) is 6.61 Å². The molecule has 8 heteroatoms. The second kappa shape index (κ2) is 8.42. The highest BCUT2D eigenvalue weighted by Crippen LogP contribution is 2.40. The summed E-state index contributed by atoms with van der Waals surface area (Å²) < 4.78 is 43.7. The van der Waals surface area contributed by atoms with Gasteiger partial charge in [-0.15, -0.1) is 0 Å². The monoisotopic (exact) mass is 373 g/mol. The zero-order valence-electron chi connectivity index (χ0n) is 14.4.